The number of aryl methyl sites for hydroxylation is 1. The van der Waals surface area contributed by atoms with Gasteiger partial charge in [-0.1, -0.05) is 12.1 Å². The third-order valence-corrected chi connectivity index (χ3v) is 5.75. The summed E-state index contributed by atoms with van der Waals surface area (Å²) in [6, 6.07) is 8.43. The smallest absolute Gasteiger partial charge is 0.321 e. The Hall–Kier alpha value is -2.66. The summed E-state index contributed by atoms with van der Waals surface area (Å²) in [4.78, 5) is 13.1. The van der Waals surface area contributed by atoms with Gasteiger partial charge in [-0.3, -0.25) is 14.2 Å². The van der Waals surface area contributed by atoms with Crippen LogP contribution in [0.25, 0.3) is 10.2 Å². The lowest BCUT2D eigenvalue weighted by atomic mass is 10.2. The molecule has 0 spiro atoms. The summed E-state index contributed by atoms with van der Waals surface area (Å²) >= 11 is 4.30. The standard InChI is InChI=1S/C18H13BrF3N5OS/c1-26-17-13(15(25-26)18(20,21)22)6-14(29-17)16(28)24-12-4-2-3-10(5-12)8-27-9-11(19)7-23-27/h2-7,9H,8H2,1H3,(H,24,28). The number of carbonyl (C=O) groups is 1. The lowest BCUT2D eigenvalue weighted by Gasteiger charge is -2.07. The van der Waals surface area contributed by atoms with Crippen LogP contribution >= 0.6 is 27.3 Å². The number of anilines is 1. The minimum Gasteiger partial charge on any atom is -0.321 e. The molecule has 3 aromatic heterocycles. The van der Waals surface area contributed by atoms with Crippen LogP contribution < -0.4 is 5.32 Å². The second-order valence-electron chi connectivity index (χ2n) is 6.31. The molecule has 0 saturated heterocycles. The van der Waals surface area contributed by atoms with Crippen molar-refractivity contribution in [2.45, 2.75) is 12.7 Å². The number of nitrogens with zero attached hydrogens (tertiary/aromatic N) is 4. The molecule has 0 radical (unpaired) electrons. The van der Waals surface area contributed by atoms with Crippen LogP contribution in [0.3, 0.4) is 0 Å². The molecule has 0 bridgehead atoms. The maximum atomic E-state index is 13.1. The Morgan fingerprint density at radius 2 is 2.10 bits per heavy atom. The molecule has 3 heterocycles. The normalized spacial score (nSPS) is 11.9. The second kappa shape index (κ2) is 7.30. The van der Waals surface area contributed by atoms with Gasteiger partial charge in [-0.05, 0) is 39.7 Å². The molecule has 0 fully saturated rings. The molecule has 1 N–H and O–H groups in total. The minimum atomic E-state index is -4.58. The molecule has 0 saturated carbocycles. The lowest BCUT2D eigenvalue weighted by molar-refractivity contribution is -0.140. The molecule has 1 aromatic carbocycles. The van der Waals surface area contributed by atoms with Crippen LogP contribution in [0.2, 0.25) is 0 Å². The number of halogens is 4. The molecule has 6 nitrogen and oxygen atoms in total. The van der Waals surface area contributed by atoms with E-state index in [4.69, 9.17) is 0 Å². The fourth-order valence-electron chi connectivity index (χ4n) is 2.91. The Labute approximate surface area is 175 Å². The molecule has 29 heavy (non-hydrogen) atoms. The van der Waals surface area contributed by atoms with E-state index in [2.05, 4.69) is 31.4 Å². The van der Waals surface area contributed by atoms with E-state index in [0.717, 1.165) is 26.1 Å². The highest BCUT2D eigenvalue weighted by Gasteiger charge is 2.37. The number of thiophene rings is 1. The van der Waals surface area contributed by atoms with Crippen LogP contribution in [0.15, 0.2) is 47.2 Å². The second-order valence-corrected chi connectivity index (χ2v) is 8.26. The first-order chi connectivity index (χ1) is 13.7. The molecule has 150 valence electrons. The Kier molecular flexibility index (Phi) is 4.95. The van der Waals surface area contributed by atoms with Crippen LogP contribution in [-0.2, 0) is 19.8 Å². The van der Waals surface area contributed by atoms with Crippen LogP contribution in [0.1, 0.15) is 20.9 Å². The number of carbonyl (C=O) groups excluding carboxylic acids is 1. The molecule has 0 aliphatic carbocycles. The van der Waals surface area contributed by atoms with E-state index in [1.165, 1.54) is 13.1 Å². The van der Waals surface area contributed by atoms with Gasteiger partial charge in [-0.15, -0.1) is 11.3 Å². The predicted octanol–water partition coefficient (Wildman–Crippen LogP) is 4.91. The van der Waals surface area contributed by atoms with E-state index in [1.807, 2.05) is 12.3 Å². The predicted molar refractivity (Wildman–Crippen MR) is 107 cm³/mol. The molecule has 4 aromatic rings. The summed E-state index contributed by atoms with van der Waals surface area (Å²) in [7, 11) is 1.42. The van der Waals surface area contributed by atoms with Gasteiger partial charge in [-0.2, -0.15) is 23.4 Å². The van der Waals surface area contributed by atoms with Gasteiger partial charge < -0.3 is 5.32 Å². The average molecular weight is 484 g/mol. The third-order valence-electron chi connectivity index (χ3n) is 4.13. The summed E-state index contributed by atoms with van der Waals surface area (Å²) in [5, 5.41) is 10.4. The molecule has 0 atom stereocenters. The fraction of sp³-hybridized carbons (Fsp3) is 0.167. The monoisotopic (exact) mass is 483 g/mol. The van der Waals surface area contributed by atoms with Crippen LogP contribution in [-0.4, -0.2) is 25.5 Å². The Balaban J connectivity index is 1.56. The van der Waals surface area contributed by atoms with Crippen LogP contribution in [0.5, 0.6) is 0 Å². The van der Waals surface area contributed by atoms with Gasteiger partial charge in [0.2, 0.25) is 0 Å². The van der Waals surface area contributed by atoms with Gasteiger partial charge in [0.05, 0.1) is 22.1 Å². The molecule has 0 unspecified atom stereocenters. The fourth-order valence-corrected chi connectivity index (χ4v) is 4.21. The largest absolute Gasteiger partial charge is 0.435 e. The topological polar surface area (TPSA) is 64.7 Å². The van der Waals surface area contributed by atoms with Gasteiger partial charge in [0.25, 0.3) is 5.91 Å². The van der Waals surface area contributed by atoms with E-state index in [0.29, 0.717) is 17.1 Å². The molecule has 1 amide bonds. The van der Waals surface area contributed by atoms with Crippen molar-refractivity contribution >= 4 is 49.1 Å². The zero-order valence-corrected chi connectivity index (χ0v) is 17.3. The van der Waals surface area contributed by atoms with Crippen molar-refractivity contribution in [2.75, 3.05) is 5.32 Å². The van der Waals surface area contributed by atoms with Crippen molar-refractivity contribution in [3.05, 3.63) is 63.3 Å². The van der Waals surface area contributed by atoms with Crippen molar-refractivity contribution in [2.24, 2.45) is 7.05 Å². The summed E-state index contributed by atoms with van der Waals surface area (Å²) in [5.41, 5.74) is 0.473. The first-order valence-electron chi connectivity index (χ1n) is 8.32. The van der Waals surface area contributed by atoms with E-state index in [9.17, 15) is 18.0 Å². The van der Waals surface area contributed by atoms with Crippen molar-refractivity contribution in [1.29, 1.82) is 0 Å². The molecule has 11 heteroatoms. The number of alkyl halides is 3. The van der Waals surface area contributed by atoms with Crippen molar-refractivity contribution in [3.63, 3.8) is 0 Å². The average Bonchev–Trinajstić information content (AvgIpc) is 3.32. The SMILES string of the molecule is Cn1nc(C(F)(F)F)c2cc(C(=O)Nc3cccc(Cn4cc(Br)cn4)c3)sc21. The van der Waals surface area contributed by atoms with Gasteiger partial charge in [0, 0.05) is 24.3 Å². The first-order valence-corrected chi connectivity index (χ1v) is 9.93. The minimum absolute atomic E-state index is 0.0758. The summed E-state index contributed by atoms with van der Waals surface area (Å²) in [5.74, 6) is -0.474. The maximum Gasteiger partial charge on any atom is 0.435 e. The van der Waals surface area contributed by atoms with E-state index >= 15 is 0 Å². The maximum absolute atomic E-state index is 13.1. The number of hydrogen-bond donors (Lipinski definition) is 1. The molecule has 4 rings (SSSR count). The molecular formula is C18H13BrF3N5OS. The first kappa shape index (κ1) is 19.6. The molecular weight excluding hydrogens is 471 g/mol. The third kappa shape index (κ3) is 4.06. The zero-order valence-electron chi connectivity index (χ0n) is 14.9. The molecule has 0 aliphatic heterocycles. The van der Waals surface area contributed by atoms with Crippen LogP contribution in [0.4, 0.5) is 18.9 Å². The van der Waals surface area contributed by atoms with Gasteiger partial charge in [-0.25, -0.2) is 0 Å². The van der Waals surface area contributed by atoms with Gasteiger partial charge in [0.1, 0.15) is 4.83 Å². The highest BCUT2D eigenvalue weighted by molar-refractivity contribution is 9.10. The van der Waals surface area contributed by atoms with Crippen LogP contribution in [0, 0.1) is 0 Å². The Morgan fingerprint density at radius 3 is 2.79 bits per heavy atom. The van der Waals surface area contributed by atoms with Crippen molar-refractivity contribution < 1.29 is 18.0 Å². The highest BCUT2D eigenvalue weighted by atomic mass is 79.9. The van der Waals surface area contributed by atoms with Gasteiger partial charge in [0.15, 0.2) is 5.69 Å². The summed E-state index contributed by atoms with van der Waals surface area (Å²) < 4.78 is 43.1. The van der Waals surface area contributed by atoms with Crippen molar-refractivity contribution in [1.82, 2.24) is 19.6 Å². The zero-order chi connectivity index (χ0) is 20.8. The van der Waals surface area contributed by atoms with E-state index < -0.39 is 17.8 Å². The quantitative estimate of drug-likeness (QED) is 0.448. The van der Waals surface area contributed by atoms with E-state index in [-0.39, 0.29) is 10.3 Å². The molecule has 0 aliphatic rings. The number of amides is 1. The number of rotatable bonds is 4. The Morgan fingerprint density at radius 1 is 1.31 bits per heavy atom. The number of fused-ring (bicyclic) bond motifs is 1. The van der Waals surface area contributed by atoms with Gasteiger partial charge >= 0.3 is 6.18 Å². The number of benzene rings is 1. The lowest BCUT2D eigenvalue weighted by Crippen LogP contribution is -2.11. The van der Waals surface area contributed by atoms with E-state index in [1.54, 1.807) is 29.1 Å². The summed E-state index contributed by atoms with van der Waals surface area (Å²) in [6.07, 6.45) is -1.07. The number of nitrogens with one attached hydrogen (secondary N) is 1. The Bertz CT molecular complexity index is 1210. The summed E-state index contributed by atoms with van der Waals surface area (Å²) in [6.45, 7) is 0.513. The number of hydrogen-bond acceptors (Lipinski definition) is 4. The highest BCUT2D eigenvalue weighted by Crippen LogP contribution is 2.37. The number of aromatic nitrogens is 4. The van der Waals surface area contributed by atoms with Crippen molar-refractivity contribution in [3.8, 4) is 0 Å².